The lowest BCUT2D eigenvalue weighted by atomic mass is 10.4. The van der Waals surface area contributed by atoms with Crippen molar-refractivity contribution >= 4 is 11.3 Å². The summed E-state index contributed by atoms with van der Waals surface area (Å²) in [6.45, 7) is 0.375. The fourth-order valence-electron chi connectivity index (χ4n) is 0.727. The summed E-state index contributed by atoms with van der Waals surface area (Å²) < 4.78 is 0. The summed E-state index contributed by atoms with van der Waals surface area (Å²) in [5, 5.41) is 12.8. The number of aliphatic hydroxyl groups is 1. The minimum absolute atomic E-state index is 0.00191. The molecule has 0 fully saturated rings. The van der Waals surface area contributed by atoms with Crippen LogP contribution in [0.4, 0.5) is 0 Å². The summed E-state index contributed by atoms with van der Waals surface area (Å²) in [5.41, 5.74) is 7.99. The van der Waals surface area contributed by atoms with E-state index in [2.05, 4.69) is 26.9 Å². The SMILES string of the molecule is [N-]=[N+]=NCCC#Cc1ncc(CO)s1. The van der Waals surface area contributed by atoms with Crippen molar-refractivity contribution < 1.29 is 5.11 Å². The topological polar surface area (TPSA) is 81.9 Å². The molecule has 1 aromatic heterocycles. The second-order valence-electron chi connectivity index (χ2n) is 2.30. The third-order valence-electron chi connectivity index (χ3n) is 1.30. The molecule has 1 rings (SSSR count). The predicted octanol–water partition coefficient (Wildman–Crippen LogP) is 1.69. The first-order valence-electron chi connectivity index (χ1n) is 3.92. The molecule has 0 spiro atoms. The van der Waals surface area contributed by atoms with E-state index < -0.39 is 0 Å². The number of nitrogens with zero attached hydrogens (tertiary/aromatic N) is 4. The molecule has 0 saturated heterocycles. The molecule has 1 N–H and O–H groups in total. The van der Waals surface area contributed by atoms with Gasteiger partial charge in [0.25, 0.3) is 0 Å². The van der Waals surface area contributed by atoms with E-state index in [1.54, 1.807) is 6.20 Å². The molecule has 0 atom stereocenters. The normalized spacial score (nSPS) is 8.64. The third-order valence-corrected chi connectivity index (χ3v) is 2.20. The zero-order valence-corrected chi connectivity index (χ0v) is 8.16. The standard InChI is InChI=1S/C8H8N4OS/c9-12-11-4-2-1-3-8-10-5-7(6-13)14-8/h5,13H,2,4,6H2. The molecule has 0 bridgehead atoms. The molecule has 72 valence electrons. The molecule has 6 heteroatoms. The maximum Gasteiger partial charge on any atom is 0.167 e. The Bertz CT molecular complexity index is 397. The predicted molar refractivity (Wildman–Crippen MR) is 53.5 cm³/mol. The highest BCUT2D eigenvalue weighted by atomic mass is 32.1. The van der Waals surface area contributed by atoms with E-state index in [0.717, 1.165) is 4.88 Å². The average Bonchev–Trinajstić information content (AvgIpc) is 2.65. The van der Waals surface area contributed by atoms with E-state index in [-0.39, 0.29) is 6.61 Å². The van der Waals surface area contributed by atoms with Crippen molar-refractivity contribution in [1.82, 2.24) is 4.98 Å². The minimum Gasteiger partial charge on any atom is -0.391 e. The molecule has 1 aromatic rings. The maximum absolute atomic E-state index is 8.76. The summed E-state index contributed by atoms with van der Waals surface area (Å²) in [6, 6.07) is 0. The van der Waals surface area contributed by atoms with Crippen molar-refractivity contribution in [3.8, 4) is 11.8 Å². The van der Waals surface area contributed by atoms with E-state index in [1.165, 1.54) is 11.3 Å². The van der Waals surface area contributed by atoms with Crippen LogP contribution < -0.4 is 0 Å². The van der Waals surface area contributed by atoms with Crippen molar-refractivity contribution in [1.29, 1.82) is 0 Å². The fraction of sp³-hybridized carbons (Fsp3) is 0.375. The zero-order chi connectivity index (χ0) is 10.2. The Morgan fingerprint density at radius 3 is 3.21 bits per heavy atom. The Balaban J connectivity index is 2.46. The van der Waals surface area contributed by atoms with Gasteiger partial charge in [-0.05, 0) is 11.5 Å². The van der Waals surface area contributed by atoms with Crippen LogP contribution in [0.5, 0.6) is 0 Å². The summed E-state index contributed by atoms with van der Waals surface area (Å²) >= 11 is 1.36. The van der Waals surface area contributed by atoms with Crippen LogP contribution in [-0.4, -0.2) is 16.6 Å². The van der Waals surface area contributed by atoms with E-state index in [9.17, 15) is 0 Å². The summed E-state index contributed by atoms with van der Waals surface area (Å²) in [6.07, 6.45) is 2.13. The van der Waals surface area contributed by atoms with Crippen LogP contribution in [-0.2, 0) is 6.61 Å². The molecule has 14 heavy (non-hydrogen) atoms. The first-order chi connectivity index (χ1) is 6.86. The molecule has 5 nitrogen and oxygen atoms in total. The summed E-state index contributed by atoms with van der Waals surface area (Å²) in [7, 11) is 0. The van der Waals surface area contributed by atoms with E-state index >= 15 is 0 Å². The van der Waals surface area contributed by atoms with Crippen molar-refractivity contribution in [2.75, 3.05) is 6.54 Å². The van der Waals surface area contributed by atoms with Gasteiger partial charge in [-0.25, -0.2) is 4.98 Å². The third kappa shape index (κ3) is 3.46. The molecule has 0 aromatic carbocycles. The first-order valence-corrected chi connectivity index (χ1v) is 4.73. The quantitative estimate of drug-likeness (QED) is 0.269. The molecule has 0 aliphatic rings. The average molecular weight is 208 g/mol. The van der Waals surface area contributed by atoms with Crippen LogP contribution in [0.1, 0.15) is 16.3 Å². The highest BCUT2D eigenvalue weighted by Crippen LogP contribution is 2.10. The van der Waals surface area contributed by atoms with Gasteiger partial charge in [-0.1, -0.05) is 11.0 Å². The minimum atomic E-state index is -0.00191. The Morgan fingerprint density at radius 1 is 1.71 bits per heavy atom. The molecule has 0 amide bonds. The first kappa shape index (κ1) is 10.5. The Labute approximate surface area is 85.0 Å². The van der Waals surface area contributed by atoms with Crippen LogP contribution in [0.15, 0.2) is 11.3 Å². The molecule has 0 radical (unpaired) electrons. The Hall–Kier alpha value is -1.54. The highest BCUT2D eigenvalue weighted by Gasteiger charge is 1.95. The monoisotopic (exact) mass is 208 g/mol. The zero-order valence-electron chi connectivity index (χ0n) is 7.34. The van der Waals surface area contributed by atoms with Gasteiger partial charge in [-0.15, -0.1) is 11.3 Å². The van der Waals surface area contributed by atoms with Crippen molar-refractivity contribution in [3.63, 3.8) is 0 Å². The van der Waals surface area contributed by atoms with Crippen LogP contribution in [0, 0.1) is 11.8 Å². The van der Waals surface area contributed by atoms with Gasteiger partial charge in [-0.2, -0.15) is 0 Å². The summed E-state index contributed by atoms with van der Waals surface area (Å²) in [5.74, 6) is 5.65. The fourth-order valence-corrected chi connectivity index (χ4v) is 1.37. The molecule has 0 aliphatic heterocycles. The lowest BCUT2D eigenvalue weighted by molar-refractivity contribution is 0.285. The van der Waals surface area contributed by atoms with Gasteiger partial charge in [-0.3, -0.25) is 0 Å². The lowest BCUT2D eigenvalue weighted by Gasteiger charge is -1.80. The summed E-state index contributed by atoms with van der Waals surface area (Å²) in [4.78, 5) is 7.39. The van der Waals surface area contributed by atoms with Crippen molar-refractivity contribution in [3.05, 3.63) is 26.5 Å². The van der Waals surface area contributed by atoms with E-state index in [4.69, 9.17) is 10.6 Å². The van der Waals surface area contributed by atoms with Crippen LogP contribution in [0.2, 0.25) is 0 Å². The Kier molecular flexibility index (Phi) is 4.51. The number of hydrogen-bond donors (Lipinski definition) is 1. The van der Waals surface area contributed by atoms with Gasteiger partial charge in [0.1, 0.15) is 0 Å². The number of thiazole rings is 1. The number of aromatic nitrogens is 1. The molecular formula is C8H8N4OS. The van der Waals surface area contributed by atoms with E-state index in [0.29, 0.717) is 18.0 Å². The maximum atomic E-state index is 8.76. The van der Waals surface area contributed by atoms with Gasteiger partial charge in [0.2, 0.25) is 0 Å². The molecular weight excluding hydrogens is 200 g/mol. The Morgan fingerprint density at radius 2 is 2.57 bits per heavy atom. The molecule has 0 aliphatic carbocycles. The number of rotatable bonds is 3. The van der Waals surface area contributed by atoms with Gasteiger partial charge in [0.15, 0.2) is 5.01 Å². The van der Waals surface area contributed by atoms with Crippen LogP contribution >= 0.6 is 11.3 Å². The largest absolute Gasteiger partial charge is 0.391 e. The molecule has 1 heterocycles. The van der Waals surface area contributed by atoms with Gasteiger partial charge < -0.3 is 5.11 Å². The lowest BCUT2D eigenvalue weighted by Crippen LogP contribution is -1.73. The van der Waals surface area contributed by atoms with Crippen molar-refractivity contribution in [2.24, 2.45) is 5.11 Å². The highest BCUT2D eigenvalue weighted by molar-refractivity contribution is 7.12. The van der Waals surface area contributed by atoms with E-state index in [1.807, 2.05) is 0 Å². The number of aliphatic hydroxyl groups excluding tert-OH is 1. The van der Waals surface area contributed by atoms with Gasteiger partial charge in [0, 0.05) is 24.1 Å². The van der Waals surface area contributed by atoms with Crippen LogP contribution in [0.3, 0.4) is 0 Å². The van der Waals surface area contributed by atoms with Gasteiger partial charge >= 0.3 is 0 Å². The second-order valence-corrected chi connectivity index (χ2v) is 3.41. The van der Waals surface area contributed by atoms with Crippen molar-refractivity contribution in [2.45, 2.75) is 13.0 Å². The second kappa shape index (κ2) is 6.00. The number of hydrogen-bond acceptors (Lipinski definition) is 4. The molecule has 0 saturated carbocycles. The molecule has 0 unspecified atom stereocenters. The van der Waals surface area contributed by atoms with Crippen LogP contribution in [0.25, 0.3) is 10.4 Å². The van der Waals surface area contributed by atoms with Gasteiger partial charge in [0.05, 0.1) is 11.5 Å². The smallest absolute Gasteiger partial charge is 0.167 e. The number of azide groups is 1.